The van der Waals surface area contributed by atoms with E-state index in [1.165, 1.54) is 0 Å². The third-order valence-corrected chi connectivity index (χ3v) is 3.47. The number of nitrogens with two attached hydrogens (primary N) is 1. The van der Waals surface area contributed by atoms with Crippen LogP contribution in [0.15, 0.2) is 29.1 Å². The number of nitrogens with zero attached hydrogens (tertiary/aromatic N) is 2. The average Bonchev–Trinajstić information content (AvgIpc) is 2.83. The Morgan fingerprint density at radius 2 is 2.15 bits per heavy atom. The van der Waals surface area contributed by atoms with Gasteiger partial charge in [0.2, 0.25) is 0 Å². The van der Waals surface area contributed by atoms with Crippen molar-refractivity contribution in [1.29, 1.82) is 0 Å². The summed E-state index contributed by atoms with van der Waals surface area (Å²) in [7, 11) is 1.93. The van der Waals surface area contributed by atoms with Crippen LogP contribution in [0.25, 0.3) is 0 Å². The minimum Gasteiger partial charge on any atom is -0.490 e. The lowest BCUT2D eigenvalue weighted by atomic mass is 10.2. The van der Waals surface area contributed by atoms with E-state index < -0.39 is 0 Å². The molecule has 2 rings (SSSR count). The van der Waals surface area contributed by atoms with Crippen LogP contribution in [0.5, 0.6) is 11.5 Å². The van der Waals surface area contributed by atoms with Crippen molar-refractivity contribution in [1.82, 2.24) is 9.55 Å². The van der Waals surface area contributed by atoms with Crippen molar-refractivity contribution in [3.63, 3.8) is 0 Å². The van der Waals surface area contributed by atoms with Gasteiger partial charge in [-0.2, -0.15) is 0 Å². The minimum absolute atomic E-state index is 0.428. The fourth-order valence-electron chi connectivity index (χ4n) is 1.81. The maximum absolute atomic E-state index is 5.87. The molecule has 5 nitrogen and oxygen atoms in total. The van der Waals surface area contributed by atoms with Crippen molar-refractivity contribution in [2.45, 2.75) is 20.1 Å². The Morgan fingerprint density at radius 3 is 2.75 bits per heavy atom. The third kappa shape index (κ3) is 3.32. The van der Waals surface area contributed by atoms with Gasteiger partial charge in [-0.05, 0) is 40.5 Å². The van der Waals surface area contributed by atoms with Gasteiger partial charge in [0.25, 0.3) is 0 Å². The SMILES string of the molecule is CCOc1cc(CN)cc(Br)c1OCc1cncn1C. The van der Waals surface area contributed by atoms with Crippen molar-refractivity contribution >= 4 is 15.9 Å². The summed E-state index contributed by atoms with van der Waals surface area (Å²) in [5.74, 6) is 1.38. The molecule has 2 aromatic rings. The Bertz CT molecular complexity index is 584. The third-order valence-electron chi connectivity index (χ3n) is 2.89. The van der Waals surface area contributed by atoms with Crippen molar-refractivity contribution < 1.29 is 9.47 Å². The molecule has 1 aromatic carbocycles. The number of halogens is 1. The summed E-state index contributed by atoms with van der Waals surface area (Å²) in [6, 6.07) is 3.86. The molecule has 0 saturated heterocycles. The monoisotopic (exact) mass is 339 g/mol. The van der Waals surface area contributed by atoms with E-state index in [4.69, 9.17) is 15.2 Å². The highest BCUT2D eigenvalue weighted by atomic mass is 79.9. The summed E-state index contributed by atoms with van der Waals surface area (Å²) >= 11 is 3.51. The lowest BCUT2D eigenvalue weighted by Gasteiger charge is -2.15. The molecule has 108 valence electrons. The molecule has 1 heterocycles. The van der Waals surface area contributed by atoms with Crippen LogP contribution in [-0.2, 0) is 20.2 Å². The molecule has 20 heavy (non-hydrogen) atoms. The van der Waals surface area contributed by atoms with Crippen LogP contribution in [0.2, 0.25) is 0 Å². The van der Waals surface area contributed by atoms with E-state index in [0.717, 1.165) is 15.7 Å². The molecule has 6 heteroatoms. The second-order valence-corrected chi connectivity index (χ2v) is 5.18. The molecule has 0 amide bonds. The minimum atomic E-state index is 0.428. The molecule has 0 aliphatic heterocycles. The highest BCUT2D eigenvalue weighted by Gasteiger charge is 2.12. The van der Waals surface area contributed by atoms with Gasteiger partial charge in [0.05, 0.1) is 29.3 Å². The van der Waals surface area contributed by atoms with Crippen LogP contribution in [0, 0.1) is 0 Å². The highest BCUT2D eigenvalue weighted by Crippen LogP contribution is 2.37. The zero-order valence-corrected chi connectivity index (χ0v) is 13.2. The van der Waals surface area contributed by atoms with Crippen LogP contribution in [0.4, 0.5) is 0 Å². The van der Waals surface area contributed by atoms with Gasteiger partial charge in [-0.1, -0.05) is 0 Å². The van der Waals surface area contributed by atoms with Gasteiger partial charge < -0.3 is 19.8 Å². The lowest BCUT2D eigenvalue weighted by Crippen LogP contribution is -2.05. The molecule has 0 aliphatic rings. The lowest BCUT2D eigenvalue weighted by molar-refractivity contribution is 0.262. The fraction of sp³-hybridized carbons (Fsp3) is 0.357. The topological polar surface area (TPSA) is 62.3 Å². The summed E-state index contributed by atoms with van der Waals surface area (Å²) in [6.45, 7) is 3.40. The van der Waals surface area contributed by atoms with Gasteiger partial charge in [-0.3, -0.25) is 0 Å². The van der Waals surface area contributed by atoms with E-state index >= 15 is 0 Å². The molecule has 0 spiro atoms. The molecular weight excluding hydrogens is 322 g/mol. The van der Waals surface area contributed by atoms with Crippen LogP contribution in [-0.4, -0.2) is 16.2 Å². The number of benzene rings is 1. The Labute approximate surface area is 126 Å². The molecule has 0 saturated carbocycles. The first kappa shape index (κ1) is 14.9. The zero-order valence-electron chi connectivity index (χ0n) is 11.6. The van der Waals surface area contributed by atoms with E-state index in [2.05, 4.69) is 20.9 Å². The van der Waals surface area contributed by atoms with Crippen LogP contribution < -0.4 is 15.2 Å². The maximum Gasteiger partial charge on any atom is 0.175 e. The summed E-state index contributed by atoms with van der Waals surface area (Å²) < 4.78 is 14.3. The number of imidazole rings is 1. The summed E-state index contributed by atoms with van der Waals surface area (Å²) in [6.07, 6.45) is 3.53. The number of hydrogen-bond donors (Lipinski definition) is 1. The molecule has 2 N–H and O–H groups in total. The predicted molar refractivity (Wildman–Crippen MR) is 80.7 cm³/mol. The molecule has 0 bridgehead atoms. The Balaban J connectivity index is 2.23. The largest absolute Gasteiger partial charge is 0.490 e. The molecule has 0 aliphatic carbocycles. The Hall–Kier alpha value is -1.53. The first-order valence-electron chi connectivity index (χ1n) is 6.39. The normalized spacial score (nSPS) is 10.6. The average molecular weight is 340 g/mol. The van der Waals surface area contributed by atoms with Gasteiger partial charge >= 0.3 is 0 Å². The quantitative estimate of drug-likeness (QED) is 0.878. The summed E-state index contributed by atoms with van der Waals surface area (Å²) in [4.78, 5) is 4.07. The van der Waals surface area contributed by atoms with Crippen LogP contribution in [0.3, 0.4) is 0 Å². The number of aryl methyl sites for hydroxylation is 1. The second kappa shape index (κ2) is 6.76. The highest BCUT2D eigenvalue weighted by molar-refractivity contribution is 9.10. The number of rotatable bonds is 6. The van der Waals surface area contributed by atoms with Crippen molar-refractivity contribution in [2.75, 3.05) is 6.61 Å². The zero-order chi connectivity index (χ0) is 14.5. The van der Waals surface area contributed by atoms with Gasteiger partial charge in [0, 0.05) is 13.6 Å². The van der Waals surface area contributed by atoms with Gasteiger partial charge in [0.1, 0.15) is 6.61 Å². The van der Waals surface area contributed by atoms with E-state index in [1.807, 2.05) is 30.7 Å². The Morgan fingerprint density at radius 1 is 1.35 bits per heavy atom. The number of ether oxygens (including phenoxy) is 2. The second-order valence-electron chi connectivity index (χ2n) is 4.33. The van der Waals surface area contributed by atoms with Crippen LogP contribution >= 0.6 is 15.9 Å². The van der Waals surface area contributed by atoms with E-state index in [1.54, 1.807) is 12.5 Å². The van der Waals surface area contributed by atoms with Gasteiger partial charge in [-0.25, -0.2) is 4.98 Å². The summed E-state index contributed by atoms with van der Waals surface area (Å²) in [5, 5.41) is 0. The predicted octanol–water partition coefficient (Wildman–Crippen LogP) is 2.62. The Kier molecular flexibility index (Phi) is 5.03. The van der Waals surface area contributed by atoms with E-state index in [9.17, 15) is 0 Å². The van der Waals surface area contributed by atoms with E-state index in [0.29, 0.717) is 31.3 Å². The first-order chi connectivity index (χ1) is 9.65. The molecule has 0 radical (unpaired) electrons. The standard InChI is InChI=1S/C14H18BrN3O2/c1-3-19-13-5-10(6-16)4-12(15)14(13)20-8-11-7-17-9-18(11)2/h4-5,7,9H,3,6,8,16H2,1-2H3. The molecule has 0 unspecified atom stereocenters. The summed E-state index contributed by atoms with van der Waals surface area (Å²) in [5.41, 5.74) is 7.66. The van der Waals surface area contributed by atoms with Crippen molar-refractivity contribution in [3.8, 4) is 11.5 Å². The molecule has 0 atom stereocenters. The van der Waals surface area contributed by atoms with Crippen molar-refractivity contribution in [2.24, 2.45) is 12.8 Å². The number of aromatic nitrogens is 2. The molecular formula is C14H18BrN3O2. The molecule has 0 fully saturated rings. The van der Waals surface area contributed by atoms with Gasteiger partial charge in [0.15, 0.2) is 11.5 Å². The number of hydrogen-bond acceptors (Lipinski definition) is 4. The van der Waals surface area contributed by atoms with Gasteiger partial charge in [-0.15, -0.1) is 0 Å². The van der Waals surface area contributed by atoms with Crippen molar-refractivity contribution in [3.05, 3.63) is 40.4 Å². The molecule has 1 aromatic heterocycles. The van der Waals surface area contributed by atoms with E-state index in [-0.39, 0.29) is 0 Å². The first-order valence-corrected chi connectivity index (χ1v) is 7.18. The fourth-order valence-corrected chi connectivity index (χ4v) is 2.42. The van der Waals surface area contributed by atoms with Crippen LogP contribution in [0.1, 0.15) is 18.2 Å². The maximum atomic E-state index is 5.87. The smallest absolute Gasteiger partial charge is 0.175 e.